The first-order valence-corrected chi connectivity index (χ1v) is 9.69. The molecule has 0 unspecified atom stereocenters. The van der Waals surface area contributed by atoms with Gasteiger partial charge in [0.2, 0.25) is 0 Å². The number of hydrogen-bond donors (Lipinski definition) is 1. The number of hydrogen-bond acceptors (Lipinski definition) is 3. The summed E-state index contributed by atoms with van der Waals surface area (Å²) in [6.45, 7) is 2.61. The van der Waals surface area contributed by atoms with Crippen molar-refractivity contribution in [3.63, 3.8) is 0 Å². The van der Waals surface area contributed by atoms with E-state index in [1.165, 1.54) is 27.4 Å². The number of para-hydroxylation sites is 1. The molecule has 0 bridgehead atoms. The van der Waals surface area contributed by atoms with Gasteiger partial charge in [-0.15, -0.1) is 11.3 Å². The number of aryl methyl sites for hydroxylation is 1. The van der Waals surface area contributed by atoms with Gasteiger partial charge in [-0.3, -0.25) is 9.59 Å². The number of nitrogens with one attached hydrogen (secondary N) is 1. The smallest absolute Gasteiger partial charge is 0.268 e. The minimum absolute atomic E-state index is 0.120. The van der Waals surface area contributed by atoms with Crippen LogP contribution in [0.2, 0.25) is 0 Å². The molecular weight excluding hydrogens is 356 g/mol. The van der Waals surface area contributed by atoms with Crippen molar-refractivity contribution < 1.29 is 9.59 Å². The molecule has 0 saturated heterocycles. The van der Waals surface area contributed by atoms with Gasteiger partial charge in [-0.25, -0.2) is 0 Å². The van der Waals surface area contributed by atoms with E-state index in [9.17, 15) is 9.59 Å². The summed E-state index contributed by atoms with van der Waals surface area (Å²) in [5, 5.41) is 4.84. The van der Waals surface area contributed by atoms with Gasteiger partial charge in [-0.1, -0.05) is 42.5 Å². The topological polar surface area (TPSA) is 49.4 Å². The van der Waals surface area contributed by atoms with Gasteiger partial charge in [0.25, 0.3) is 11.8 Å². The molecule has 2 aromatic carbocycles. The van der Waals surface area contributed by atoms with Gasteiger partial charge in [0, 0.05) is 13.6 Å². The first-order chi connectivity index (χ1) is 13.1. The second-order valence-corrected chi connectivity index (χ2v) is 7.24. The van der Waals surface area contributed by atoms with Crippen LogP contribution >= 0.6 is 11.3 Å². The van der Waals surface area contributed by atoms with Gasteiger partial charge in [0.15, 0.2) is 0 Å². The molecular formula is C22H22N2O2S. The van der Waals surface area contributed by atoms with Crippen molar-refractivity contribution in [3.8, 4) is 0 Å². The van der Waals surface area contributed by atoms with E-state index in [1.807, 2.05) is 35.7 Å². The van der Waals surface area contributed by atoms with E-state index in [0.29, 0.717) is 22.7 Å². The molecule has 0 atom stereocenters. The summed E-state index contributed by atoms with van der Waals surface area (Å²) in [5.41, 5.74) is 3.53. The highest BCUT2D eigenvalue weighted by molar-refractivity contribution is 7.12. The third-order valence-corrected chi connectivity index (χ3v) is 5.35. The molecule has 0 aliphatic carbocycles. The molecule has 1 N–H and O–H groups in total. The number of amides is 2. The van der Waals surface area contributed by atoms with Crippen molar-refractivity contribution in [2.24, 2.45) is 0 Å². The van der Waals surface area contributed by atoms with E-state index in [-0.39, 0.29) is 11.8 Å². The number of carbonyl (C=O) groups excluding carboxylic acids is 2. The molecule has 3 rings (SSSR count). The number of carbonyl (C=O) groups is 2. The van der Waals surface area contributed by atoms with Crippen LogP contribution in [0.4, 0.5) is 5.69 Å². The van der Waals surface area contributed by atoms with Crippen molar-refractivity contribution >= 4 is 28.8 Å². The van der Waals surface area contributed by atoms with Crippen molar-refractivity contribution in [3.05, 3.63) is 87.6 Å². The molecule has 0 radical (unpaired) electrons. The Bertz CT molecular complexity index is 935. The van der Waals surface area contributed by atoms with Gasteiger partial charge in [0.05, 0.1) is 16.1 Å². The summed E-state index contributed by atoms with van der Waals surface area (Å²) < 4.78 is 0. The summed E-state index contributed by atoms with van der Waals surface area (Å²) in [7, 11) is 1.70. The molecule has 0 aliphatic rings. The lowest BCUT2D eigenvalue weighted by Gasteiger charge is -2.20. The monoisotopic (exact) mass is 378 g/mol. The van der Waals surface area contributed by atoms with E-state index in [0.717, 1.165) is 6.42 Å². The Balaban J connectivity index is 1.70. The van der Waals surface area contributed by atoms with Crippen LogP contribution in [0.15, 0.2) is 66.0 Å². The van der Waals surface area contributed by atoms with Crippen LogP contribution in [0.3, 0.4) is 0 Å². The van der Waals surface area contributed by atoms with E-state index < -0.39 is 0 Å². The molecule has 0 fully saturated rings. The summed E-state index contributed by atoms with van der Waals surface area (Å²) in [6.07, 6.45) is 0.768. The predicted octanol–water partition coefficient (Wildman–Crippen LogP) is 4.31. The van der Waals surface area contributed by atoms with Crippen LogP contribution in [-0.4, -0.2) is 25.4 Å². The van der Waals surface area contributed by atoms with Gasteiger partial charge in [-0.2, -0.15) is 0 Å². The molecule has 138 valence electrons. The first kappa shape index (κ1) is 18.9. The second-order valence-electron chi connectivity index (χ2n) is 6.29. The summed E-state index contributed by atoms with van der Waals surface area (Å²) >= 11 is 1.39. The molecule has 0 spiro atoms. The fourth-order valence-corrected chi connectivity index (χ4v) is 3.63. The van der Waals surface area contributed by atoms with Crippen LogP contribution in [0.1, 0.15) is 31.2 Å². The third-order valence-electron chi connectivity index (χ3n) is 4.49. The van der Waals surface area contributed by atoms with Crippen LogP contribution in [0.25, 0.3) is 0 Å². The lowest BCUT2D eigenvalue weighted by molar-refractivity contribution is 0.0954. The van der Waals surface area contributed by atoms with Gasteiger partial charge >= 0.3 is 0 Å². The van der Waals surface area contributed by atoms with E-state index in [1.54, 1.807) is 25.2 Å². The zero-order chi connectivity index (χ0) is 19.2. The highest BCUT2D eigenvalue weighted by atomic mass is 32.1. The minimum atomic E-state index is -0.176. The summed E-state index contributed by atoms with van der Waals surface area (Å²) in [6, 6.07) is 19.0. The van der Waals surface area contributed by atoms with Gasteiger partial charge in [-0.05, 0) is 48.1 Å². The largest absolute Gasteiger partial charge is 0.352 e. The molecule has 0 aliphatic heterocycles. The quantitative estimate of drug-likeness (QED) is 0.695. The number of benzene rings is 2. The molecule has 0 saturated carbocycles. The molecule has 4 nitrogen and oxygen atoms in total. The Labute approximate surface area is 163 Å². The maximum Gasteiger partial charge on any atom is 0.268 e. The Morgan fingerprint density at radius 3 is 2.48 bits per heavy atom. The minimum Gasteiger partial charge on any atom is -0.352 e. The zero-order valence-electron chi connectivity index (χ0n) is 15.4. The summed E-state index contributed by atoms with van der Waals surface area (Å²) in [5.74, 6) is -0.296. The van der Waals surface area contributed by atoms with E-state index >= 15 is 0 Å². The maximum absolute atomic E-state index is 12.7. The first-order valence-electron chi connectivity index (χ1n) is 8.81. The number of rotatable bonds is 6. The number of thiophene rings is 1. The zero-order valence-corrected chi connectivity index (χ0v) is 16.3. The van der Waals surface area contributed by atoms with Crippen molar-refractivity contribution in [2.75, 3.05) is 18.5 Å². The molecule has 5 heteroatoms. The molecule has 27 heavy (non-hydrogen) atoms. The van der Waals surface area contributed by atoms with Crippen molar-refractivity contribution in [2.45, 2.75) is 13.3 Å². The lowest BCUT2D eigenvalue weighted by atomic mass is 10.1. The molecule has 1 heterocycles. The highest BCUT2D eigenvalue weighted by Crippen LogP contribution is 2.22. The summed E-state index contributed by atoms with van der Waals surface area (Å²) in [4.78, 5) is 27.5. The number of anilines is 1. The Morgan fingerprint density at radius 2 is 1.74 bits per heavy atom. The van der Waals surface area contributed by atoms with Crippen LogP contribution in [0, 0.1) is 6.92 Å². The SMILES string of the molecule is Cc1ccccc1CCNC(=O)c1ccccc1N(C)C(=O)c1cccs1. The predicted molar refractivity (Wildman–Crippen MR) is 111 cm³/mol. The van der Waals surface area contributed by atoms with Crippen LogP contribution < -0.4 is 10.2 Å². The van der Waals surface area contributed by atoms with Crippen molar-refractivity contribution in [1.82, 2.24) is 5.32 Å². The Morgan fingerprint density at radius 1 is 1.00 bits per heavy atom. The van der Waals surface area contributed by atoms with Crippen molar-refractivity contribution in [1.29, 1.82) is 0 Å². The second kappa shape index (κ2) is 8.64. The fraction of sp³-hybridized carbons (Fsp3) is 0.182. The normalized spacial score (nSPS) is 10.4. The van der Waals surface area contributed by atoms with Gasteiger partial charge in [0.1, 0.15) is 0 Å². The van der Waals surface area contributed by atoms with Crippen LogP contribution in [0.5, 0.6) is 0 Å². The average Bonchev–Trinajstić information content (AvgIpc) is 3.23. The molecule has 2 amide bonds. The highest BCUT2D eigenvalue weighted by Gasteiger charge is 2.20. The average molecular weight is 378 g/mol. The maximum atomic E-state index is 12.7. The lowest BCUT2D eigenvalue weighted by Crippen LogP contribution is -2.31. The van der Waals surface area contributed by atoms with E-state index in [4.69, 9.17) is 0 Å². The molecule has 1 aromatic heterocycles. The molecule has 3 aromatic rings. The van der Waals surface area contributed by atoms with Gasteiger partial charge < -0.3 is 10.2 Å². The fourth-order valence-electron chi connectivity index (χ4n) is 2.93. The third kappa shape index (κ3) is 4.44. The van der Waals surface area contributed by atoms with Crippen LogP contribution in [-0.2, 0) is 6.42 Å². The Kier molecular flexibility index (Phi) is 6.04. The number of nitrogens with zero attached hydrogens (tertiary/aromatic N) is 1. The standard InChI is InChI=1S/C22H22N2O2S/c1-16-8-3-4-9-17(16)13-14-23-21(25)18-10-5-6-11-19(18)24(2)22(26)20-12-7-15-27-20/h3-12,15H,13-14H2,1-2H3,(H,23,25). The van der Waals surface area contributed by atoms with E-state index in [2.05, 4.69) is 24.4 Å². The Hall–Kier alpha value is -2.92.